The first-order valence-corrected chi connectivity index (χ1v) is 5.21. The molecule has 0 saturated carbocycles. The average Bonchev–Trinajstić information content (AvgIpc) is 2.34. The molecule has 1 heterocycles. The quantitative estimate of drug-likeness (QED) is 0.573. The fourth-order valence-electron chi connectivity index (χ4n) is 1.35. The molecular formula is C7H14IN. The lowest BCUT2D eigenvalue weighted by Gasteiger charge is -2.08. The Hall–Kier alpha value is 0.690. The van der Waals surface area contributed by atoms with E-state index >= 15 is 0 Å². The maximum atomic E-state index is 3.58. The van der Waals surface area contributed by atoms with E-state index in [0.717, 1.165) is 12.1 Å². The van der Waals surface area contributed by atoms with Gasteiger partial charge in [-0.25, -0.2) is 0 Å². The second kappa shape index (κ2) is 3.76. The Kier molecular flexibility index (Phi) is 3.26. The summed E-state index contributed by atoms with van der Waals surface area (Å²) in [5.41, 5.74) is 0. The van der Waals surface area contributed by atoms with E-state index in [2.05, 4.69) is 34.8 Å². The van der Waals surface area contributed by atoms with Gasteiger partial charge in [0.15, 0.2) is 0 Å². The van der Waals surface area contributed by atoms with Crippen LogP contribution in [0.4, 0.5) is 0 Å². The van der Waals surface area contributed by atoms with Crippen molar-refractivity contribution in [2.45, 2.75) is 38.3 Å². The lowest BCUT2D eigenvalue weighted by molar-refractivity contribution is 0.553. The summed E-state index contributed by atoms with van der Waals surface area (Å²) in [6.45, 7) is 2.26. The van der Waals surface area contributed by atoms with Crippen LogP contribution in [0.1, 0.15) is 26.2 Å². The van der Waals surface area contributed by atoms with Gasteiger partial charge in [0, 0.05) is 16.5 Å². The summed E-state index contributed by atoms with van der Waals surface area (Å²) < 4.78 is 1.27. The van der Waals surface area contributed by atoms with Crippen LogP contribution < -0.4 is 5.32 Å². The summed E-state index contributed by atoms with van der Waals surface area (Å²) in [6, 6.07) is 1.64. The van der Waals surface area contributed by atoms with Crippen LogP contribution in [0, 0.1) is 0 Å². The van der Waals surface area contributed by atoms with E-state index in [1.54, 1.807) is 0 Å². The molecule has 9 heavy (non-hydrogen) atoms. The summed E-state index contributed by atoms with van der Waals surface area (Å²) in [5.74, 6) is 0. The van der Waals surface area contributed by atoms with Crippen molar-refractivity contribution in [1.29, 1.82) is 0 Å². The third-order valence-electron chi connectivity index (χ3n) is 2.01. The average molecular weight is 239 g/mol. The fourth-order valence-corrected chi connectivity index (χ4v) is 2.04. The lowest BCUT2D eigenvalue weighted by atomic mass is 10.2. The number of alkyl halides is 1. The maximum absolute atomic E-state index is 3.58. The van der Waals surface area contributed by atoms with Gasteiger partial charge in [0.05, 0.1) is 0 Å². The molecule has 1 aliphatic rings. The smallest absolute Gasteiger partial charge is 0.0160 e. The minimum absolute atomic E-state index is 0.815. The SMILES string of the molecule is CCC1CC[C@@H](CI)N1. The molecule has 0 aliphatic carbocycles. The number of rotatable bonds is 2. The Morgan fingerprint density at radius 2 is 2.11 bits per heavy atom. The molecule has 1 fully saturated rings. The summed E-state index contributed by atoms with van der Waals surface area (Å²) in [5, 5.41) is 3.58. The van der Waals surface area contributed by atoms with E-state index in [1.165, 1.54) is 23.7 Å². The third kappa shape index (κ3) is 2.08. The molecule has 1 saturated heterocycles. The minimum Gasteiger partial charge on any atom is -0.310 e. The highest BCUT2D eigenvalue weighted by molar-refractivity contribution is 14.1. The highest BCUT2D eigenvalue weighted by atomic mass is 127. The fraction of sp³-hybridized carbons (Fsp3) is 1.00. The van der Waals surface area contributed by atoms with Crippen LogP contribution in [0.2, 0.25) is 0 Å². The Balaban J connectivity index is 2.20. The number of halogens is 1. The maximum Gasteiger partial charge on any atom is 0.0160 e. The molecule has 1 nitrogen and oxygen atoms in total. The normalized spacial score (nSPS) is 35.3. The molecule has 0 aromatic carbocycles. The molecule has 0 radical (unpaired) electrons. The van der Waals surface area contributed by atoms with Gasteiger partial charge in [0.25, 0.3) is 0 Å². The summed E-state index contributed by atoms with van der Waals surface area (Å²) in [7, 11) is 0. The molecule has 2 atom stereocenters. The van der Waals surface area contributed by atoms with Crippen molar-refractivity contribution in [3.8, 4) is 0 Å². The Labute approximate surface area is 70.7 Å². The van der Waals surface area contributed by atoms with Crippen LogP contribution in [-0.2, 0) is 0 Å². The second-order valence-electron chi connectivity index (χ2n) is 2.70. The minimum atomic E-state index is 0.815. The molecular weight excluding hydrogens is 225 g/mol. The number of hydrogen-bond acceptors (Lipinski definition) is 1. The van der Waals surface area contributed by atoms with Crippen LogP contribution >= 0.6 is 22.6 Å². The number of hydrogen-bond donors (Lipinski definition) is 1. The molecule has 1 N–H and O–H groups in total. The molecule has 0 aromatic rings. The summed E-state index contributed by atoms with van der Waals surface area (Å²) >= 11 is 2.45. The van der Waals surface area contributed by atoms with Crippen molar-refractivity contribution < 1.29 is 0 Å². The van der Waals surface area contributed by atoms with E-state index in [4.69, 9.17) is 0 Å². The topological polar surface area (TPSA) is 12.0 Å². The van der Waals surface area contributed by atoms with E-state index in [1.807, 2.05) is 0 Å². The Bertz CT molecular complexity index is 75.0. The molecule has 0 bridgehead atoms. The highest BCUT2D eigenvalue weighted by Gasteiger charge is 2.20. The van der Waals surface area contributed by atoms with E-state index in [9.17, 15) is 0 Å². The van der Waals surface area contributed by atoms with Gasteiger partial charge in [-0.15, -0.1) is 0 Å². The zero-order valence-electron chi connectivity index (χ0n) is 5.86. The van der Waals surface area contributed by atoms with Crippen LogP contribution in [0.5, 0.6) is 0 Å². The van der Waals surface area contributed by atoms with E-state index in [-0.39, 0.29) is 0 Å². The van der Waals surface area contributed by atoms with Gasteiger partial charge in [-0.3, -0.25) is 0 Å². The molecule has 54 valence electrons. The van der Waals surface area contributed by atoms with Gasteiger partial charge in [-0.05, 0) is 19.3 Å². The van der Waals surface area contributed by atoms with Gasteiger partial charge in [-0.1, -0.05) is 29.5 Å². The molecule has 1 rings (SSSR count). The first-order valence-electron chi connectivity index (χ1n) is 3.68. The van der Waals surface area contributed by atoms with Crippen molar-refractivity contribution in [3.05, 3.63) is 0 Å². The Morgan fingerprint density at radius 1 is 1.44 bits per heavy atom. The zero-order valence-corrected chi connectivity index (χ0v) is 8.02. The highest BCUT2D eigenvalue weighted by Crippen LogP contribution is 2.15. The third-order valence-corrected chi connectivity index (χ3v) is 3.08. The molecule has 0 spiro atoms. The molecule has 2 heteroatoms. The van der Waals surface area contributed by atoms with Crippen molar-refractivity contribution in [1.82, 2.24) is 5.32 Å². The predicted octanol–water partition coefficient (Wildman–Crippen LogP) is 1.95. The van der Waals surface area contributed by atoms with Gasteiger partial charge in [-0.2, -0.15) is 0 Å². The molecule has 0 amide bonds. The van der Waals surface area contributed by atoms with Gasteiger partial charge in [0.2, 0.25) is 0 Å². The van der Waals surface area contributed by atoms with E-state index < -0.39 is 0 Å². The Morgan fingerprint density at radius 3 is 2.44 bits per heavy atom. The van der Waals surface area contributed by atoms with Gasteiger partial charge < -0.3 is 5.32 Å². The second-order valence-corrected chi connectivity index (χ2v) is 3.58. The summed E-state index contributed by atoms with van der Waals surface area (Å²) in [4.78, 5) is 0. The molecule has 1 aliphatic heterocycles. The van der Waals surface area contributed by atoms with Crippen LogP contribution in [0.15, 0.2) is 0 Å². The monoisotopic (exact) mass is 239 g/mol. The zero-order chi connectivity index (χ0) is 6.69. The number of nitrogens with one attached hydrogen (secondary N) is 1. The van der Waals surface area contributed by atoms with Crippen molar-refractivity contribution in [2.75, 3.05) is 4.43 Å². The van der Waals surface area contributed by atoms with Crippen LogP contribution in [0.25, 0.3) is 0 Å². The first kappa shape index (κ1) is 7.79. The lowest BCUT2D eigenvalue weighted by Crippen LogP contribution is -2.29. The largest absolute Gasteiger partial charge is 0.310 e. The van der Waals surface area contributed by atoms with Crippen molar-refractivity contribution in [3.63, 3.8) is 0 Å². The van der Waals surface area contributed by atoms with Crippen molar-refractivity contribution >= 4 is 22.6 Å². The molecule has 0 aromatic heterocycles. The summed E-state index contributed by atoms with van der Waals surface area (Å²) in [6.07, 6.45) is 4.08. The van der Waals surface area contributed by atoms with Gasteiger partial charge in [0.1, 0.15) is 0 Å². The van der Waals surface area contributed by atoms with E-state index in [0.29, 0.717) is 0 Å². The first-order chi connectivity index (χ1) is 4.36. The van der Waals surface area contributed by atoms with Crippen LogP contribution in [-0.4, -0.2) is 16.5 Å². The van der Waals surface area contributed by atoms with Crippen molar-refractivity contribution in [2.24, 2.45) is 0 Å². The van der Waals surface area contributed by atoms with Crippen LogP contribution in [0.3, 0.4) is 0 Å². The predicted molar refractivity (Wildman–Crippen MR) is 49.1 cm³/mol. The molecule has 1 unspecified atom stereocenters. The standard InChI is InChI=1S/C7H14IN/c1-2-6-3-4-7(5-8)9-6/h6-7,9H,2-5H2,1H3/t6?,7-/m0/s1. The van der Waals surface area contributed by atoms with Gasteiger partial charge >= 0.3 is 0 Å².